The number of furan rings is 1. The monoisotopic (exact) mass is 272 g/mol. The van der Waals surface area contributed by atoms with Crippen LogP contribution in [-0.2, 0) is 6.54 Å². The van der Waals surface area contributed by atoms with Crippen LogP contribution in [0.3, 0.4) is 0 Å². The minimum atomic E-state index is 0.519. The third-order valence-corrected chi connectivity index (χ3v) is 2.97. The fourth-order valence-corrected chi connectivity index (χ4v) is 1.99. The Morgan fingerprint density at radius 1 is 1.21 bits per heavy atom. The highest BCUT2D eigenvalue weighted by Gasteiger charge is 2.08. The molecule has 3 aromatic rings. The van der Waals surface area contributed by atoms with Gasteiger partial charge in [0.2, 0.25) is 4.77 Å². The van der Waals surface area contributed by atoms with Gasteiger partial charge in [-0.1, -0.05) is 30.3 Å². The van der Waals surface area contributed by atoms with E-state index in [1.807, 2.05) is 42.5 Å². The highest BCUT2D eigenvalue weighted by atomic mass is 32.1. The van der Waals surface area contributed by atoms with Crippen LogP contribution in [0.25, 0.3) is 11.4 Å². The molecule has 5 nitrogen and oxygen atoms in total. The summed E-state index contributed by atoms with van der Waals surface area (Å²) >= 11 is 5.22. The first-order valence-electron chi connectivity index (χ1n) is 5.84. The van der Waals surface area contributed by atoms with E-state index in [-0.39, 0.29) is 0 Å². The Bertz CT molecular complexity index is 700. The molecule has 19 heavy (non-hydrogen) atoms. The normalized spacial score (nSPS) is 10.5. The van der Waals surface area contributed by atoms with Gasteiger partial charge < -0.3 is 9.84 Å². The van der Waals surface area contributed by atoms with Crippen LogP contribution in [-0.4, -0.2) is 14.9 Å². The molecule has 0 aliphatic rings. The van der Waals surface area contributed by atoms with Gasteiger partial charge in [-0.25, -0.2) is 9.77 Å². The van der Waals surface area contributed by atoms with Crippen LogP contribution in [0.4, 0.5) is 0 Å². The van der Waals surface area contributed by atoms with E-state index in [9.17, 15) is 0 Å². The smallest absolute Gasteiger partial charge is 0.214 e. The molecule has 96 valence electrons. The van der Waals surface area contributed by atoms with E-state index in [0.29, 0.717) is 11.3 Å². The molecule has 6 heteroatoms. The summed E-state index contributed by atoms with van der Waals surface area (Å²) in [4.78, 5) is 0. The molecule has 2 aromatic heterocycles. The molecule has 0 amide bonds. The third-order valence-electron chi connectivity index (χ3n) is 2.70. The molecule has 0 aliphatic carbocycles. The van der Waals surface area contributed by atoms with Crippen molar-refractivity contribution in [1.82, 2.24) is 14.9 Å². The molecule has 0 saturated carbocycles. The van der Waals surface area contributed by atoms with Gasteiger partial charge in [0.25, 0.3) is 0 Å². The van der Waals surface area contributed by atoms with Crippen molar-refractivity contribution in [3.63, 3.8) is 0 Å². The summed E-state index contributed by atoms with van der Waals surface area (Å²) in [7, 11) is 0. The molecule has 0 spiro atoms. The van der Waals surface area contributed by atoms with E-state index >= 15 is 0 Å². The Morgan fingerprint density at radius 2 is 2.05 bits per heavy atom. The lowest BCUT2D eigenvalue weighted by Gasteiger charge is -2.08. The van der Waals surface area contributed by atoms with Crippen molar-refractivity contribution in [2.45, 2.75) is 6.54 Å². The molecule has 0 bridgehead atoms. The first kappa shape index (κ1) is 11.7. The van der Waals surface area contributed by atoms with Crippen molar-refractivity contribution in [3.05, 3.63) is 59.3 Å². The lowest BCUT2D eigenvalue weighted by atomic mass is 10.2. The number of hydrogen-bond acceptors (Lipinski definition) is 4. The van der Waals surface area contributed by atoms with Gasteiger partial charge >= 0.3 is 0 Å². The molecule has 0 aliphatic heterocycles. The number of aromatic nitrogens is 3. The zero-order valence-corrected chi connectivity index (χ0v) is 10.9. The Morgan fingerprint density at radius 3 is 2.79 bits per heavy atom. The number of nitrogens with one attached hydrogen (secondary N) is 2. The molecular formula is C13H12N4OS. The standard InChI is InChI=1S/C13H12N4OS/c19-13-16-15-12(10-5-2-1-3-6-10)17(13)14-9-11-7-4-8-18-11/h1-8,14H,9H2,(H,16,19). The summed E-state index contributed by atoms with van der Waals surface area (Å²) in [6, 6.07) is 13.6. The molecule has 0 radical (unpaired) electrons. The van der Waals surface area contributed by atoms with E-state index in [4.69, 9.17) is 16.6 Å². The third kappa shape index (κ3) is 2.43. The van der Waals surface area contributed by atoms with E-state index in [1.165, 1.54) is 0 Å². The van der Waals surface area contributed by atoms with Crippen molar-refractivity contribution in [1.29, 1.82) is 0 Å². The maximum Gasteiger partial charge on any atom is 0.214 e. The summed E-state index contributed by atoms with van der Waals surface area (Å²) in [5, 5.41) is 7.03. The van der Waals surface area contributed by atoms with E-state index in [1.54, 1.807) is 10.9 Å². The fourth-order valence-electron chi connectivity index (χ4n) is 1.79. The number of rotatable bonds is 4. The quantitative estimate of drug-likeness (QED) is 0.717. The van der Waals surface area contributed by atoms with Crippen LogP contribution in [0.5, 0.6) is 0 Å². The van der Waals surface area contributed by atoms with Gasteiger partial charge in [-0.05, 0) is 24.4 Å². The van der Waals surface area contributed by atoms with Crippen LogP contribution in [0.15, 0.2) is 53.1 Å². The second-order valence-corrected chi connectivity index (χ2v) is 4.35. The Balaban J connectivity index is 1.89. The second kappa shape index (κ2) is 5.11. The van der Waals surface area contributed by atoms with Crippen LogP contribution in [0.2, 0.25) is 0 Å². The van der Waals surface area contributed by atoms with Crippen molar-refractivity contribution in [2.75, 3.05) is 5.43 Å². The SMILES string of the molecule is S=c1[nH]nc(-c2ccccc2)n1NCc1ccco1. The summed E-state index contributed by atoms with van der Waals surface area (Å²) in [5.74, 6) is 1.58. The van der Waals surface area contributed by atoms with E-state index in [2.05, 4.69) is 15.6 Å². The first-order chi connectivity index (χ1) is 9.34. The Kier molecular flexibility index (Phi) is 3.16. The molecule has 2 N–H and O–H groups in total. The van der Waals surface area contributed by atoms with Crippen molar-refractivity contribution in [2.24, 2.45) is 0 Å². The Hall–Kier alpha value is -2.34. The Labute approximate surface area is 114 Å². The van der Waals surface area contributed by atoms with Crippen molar-refractivity contribution in [3.8, 4) is 11.4 Å². The first-order valence-corrected chi connectivity index (χ1v) is 6.24. The maximum absolute atomic E-state index is 5.28. The van der Waals surface area contributed by atoms with E-state index in [0.717, 1.165) is 17.1 Å². The number of hydrogen-bond donors (Lipinski definition) is 2. The number of aromatic amines is 1. The van der Waals surface area contributed by atoms with Crippen LogP contribution < -0.4 is 5.43 Å². The minimum absolute atomic E-state index is 0.519. The predicted octanol–water partition coefficient (Wildman–Crippen LogP) is 2.94. The highest BCUT2D eigenvalue weighted by molar-refractivity contribution is 7.71. The van der Waals surface area contributed by atoms with E-state index < -0.39 is 0 Å². The van der Waals surface area contributed by atoms with Gasteiger partial charge in [-0.2, -0.15) is 5.10 Å². The summed E-state index contributed by atoms with van der Waals surface area (Å²) in [5.41, 5.74) is 4.18. The zero-order valence-electron chi connectivity index (χ0n) is 10.0. The molecule has 3 rings (SSSR count). The predicted molar refractivity (Wildman–Crippen MR) is 74.6 cm³/mol. The lowest BCUT2D eigenvalue weighted by Crippen LogP contribution is -2.15. The summed E-state index contributed by atoms with van der Waals surface area (Å²) in [6.07, 6.45) is 1.64. The number of nitrogens with zero attached hydrogens (tertiary/aromatic N) is 2. The molecule has 1 aromatic carbocycles. The van der Waals surface area contributed by atoms with Crippen LogP contribution in [0.1, 0.15) is 5.76 Å². The molecule has 0 unspecified atom stereocenters. The fraction of sp³-hybridized carbons (Fsp3) is 0.0769. The summed E-state index contributed by atoms with van der Waals surface area (Å²) in [6.45, 7) is 0.542. The van der Waals surface area contributed by atoms with Gasteiger partial charge in [-0.15, -0.1) is 0 Å². The van der Waals surface area contributed by atoms with Gasteiger partial charge in [0.1, 0.15) is 5.76 Å². The zero-order chi connectivity index (χ0) is 13.1. The van der Waals surface area contributed by atoms with Gasteiger partial charge in [0.15, 0.2) is 5.82 Å². The van der Waals surface area contributed by atoms with Crippen molar-refractivity contribution < 1.29 is 4.42 Å². The maximum atomic E-state index is 5.28. The largest absolute Gasteiger partial charge is 0.467 e. The second-order valence-electron chi connectivity index (χ2n) is 3.97. The number of H-pyrrole nitrogens is 1. The lowest BCUT2D eigenvalue weighted by molar-refractivity contribution is 0.510. The topological polar surface area (TPSA) is 58.8 Å². The average molecular weight is 272 g/mol. The highest BCUT2D eigenvalue weighted by Crippen LogP contribution is 2.15. The molecular weight excluding hydrogens is 260 g/mol. The van der Waals surface area contributed by atoms with Gasteiger partial charge in [0.05, 0.1) is 12.8 Å². The molecule has 0 atom stereocenters. The van der Waals surface area contributed by atoms with Crippen molar-refractivity contribution >= 4 is 12.2 Å². The van der Waals surface area contributed by atoms with Crippen LogP contribution >= 0.6 is 12.2 Å². The number of benzene rings is 1. The average Bonchev–Trinajstić information content (AvgIpc) is 3.07. The minimum Gasteiger partial charge on any atom is -0.467 e. The van der Waals surface area contributed by atoms with Crippen LogP contribution in [0, 0.1) is 4.77 Å². The van der Waals surface area contributed by atoms with Gasteiger partial charge in [-0.3, -0.25) is 0 Å². The van der Waals surface area contributed by atoms with Gasteiger partial charge in [0, 0.05) is 5.56 Å². The summed E-state index contributed by atoms with van der Waals surface area (Å²) < 4.78 is 7.54. The molecule has 2 heterocycles. The molecule has 0 saturated heterocycles. The molecule has 0 fully saturated rings.